The van der Waals surface area contributed by atoms with Crippen molar-refractivity contribution in [3.63, 3.8) is 0 Å². The average molecular weight is 452 g/mol. The molecule has 182 valence electrons. The lowest BCUT2D eigenvalue weighted by atomic mass is 9.66. The fourth-order valence-electron chi connectivity index (χ4n) is 6.80. The number of carbonyl (C=O) groups excluding carboxylic acids is 3. The number of nitrogens with one attached hydrogen (secondary N) is 2. The Morgan fingerprint density at radius 3 is 2.34 bits per heavy atom. The Morgan fingerprint density at radius 1 is 1.22 bits per heavy atom. The van der Waals surface area contributed by atoms with Gasteiger partial charge in [-0.1, -0.05) is 27.7 Å². The van der Waals surface area contributed by atoms with Crippen molar-refractivity contribution in [1.82, 2.24) is 15.5 Å². The molecule has 0 aliphatic carbocycles. The van der Waals surface area contributed by atoms with Gasteiger partial charge in [-0.05, 0) is 51.9 Å². The Hall–Kier alpha value is -1.67. The number of fused-ring (bicyclic) bond motifs is 1. The van der Waals surface area contributed by atoms with Crippen molar-refractivity contribution in [2.75, 3.05) is 13.7 Å². The molecule has 0 aromatic rings. The first-order valence-corrected chi connectivity index (χ1v) is 11.8. The predicted octanol–water partition coefficient (Wildman–Crippen LogP) is 1.60. The normalized spacial score (nSPS) is 35.1. The minimum absolute atomic E-state index is 0.0000639. The third-order valence-electron chi connectivity index (χ3n) is 7.50. The van der Waals surface area contributed by atoms with Crippen molar-refractivity contribution in [3.05, 3.63) is 0 Å². The second-order valence-corrected chi connectivity index (χ2v) is 11.9. The summed E-state index contributed by atoms with van der Waals surface area (Å²) in [7, 11) is 1.56. The van der Waals surface area contributed by atoms with E-state index in [4.69, 9.17) is 4.74 Å². The van der Waals surface area contributed by atoms with E-state index in [-0.39, 0.29) is 29.7 Å². The molecule has 6 atom stereocenters. The van der Waals surface area contributed by atoms with Crippen molar-refractivity contribution in [3.8, 4) is 0 Å². The molecule has 3 saturated heterocycles. The molecule has 0 saturated carbocycles. The van der Waals surface area contributed by atoms with Crippen LogP contribution in [-0.2, 0) is 19.1 Å². The summed E-state index contributed by atoms with van der Waals surface area (Å²) in [5, 5.41) is 15.9. The van der Waals surface area contributed by atoms with Crippen molar-refractivity contribution in [1.29, 1.82) is 0 Å². The maximum absolute atomic E-state index is 13.8. The van der Waals surface area contributed by atoms with Gasteiger partial charge in [0, 0.05) is 12.6 Å². The van der Waals surface area contributed by atoms with Crippen LogP contribution in [0.3, 0.4) is 0 Å². The monoisotopic (exact) mass is 451 g/mol. The summed E-state index contributed by atoms with van der Waals surface area (Å²) in [6.45, 7) is 13.8. The second-order valence-electron chi connectivity index (χ2n) is 11.9. The summed E-state index contributed by atoms with van der Waals surface area (Å²) in [5.41, 5.74) is -2.35. The summed E-state index contributed by atoms with van der Waals surface area (Å²) in [5.74, 6) is -2.17. The molecule has 3 amide bonds. The summed E-state index contributed by atoms with van der Waals surface area (Å²) < 4.78 is 6.53. The van der Waals surface area contributed by atoms with Crippen LogP contribution in [0.5, 0.6) is 0 Å². The Bertz CT molecular complexity index is 787. The van der Waals surface area contributed by atoms with Gasteiger partial charge in [-0.2, -0.15) is 0 Å². The van der Waals surface area contributed by atoms with Crippen LogP contribution in [0.1, 0.15) is 74.1 Å². The summed E-state index contributed by atoms with van der Waals surface area (Å²) in [6.07, 6.45) is 2.39. The SMILES string of the molecule is CC[C@@H](CO)N1C(=O)[C@@H]2[C@H](C(=O)NC)[C@]3(C)CCC2(O3)C1C(=O)NC(C)(C)CC(C)(C)C. The lowest BCUT2D eigenvalue weighted by molar-refractivity contribution is -0.150. The smallest absolute Gasteiger partial charge is 0.246 e. The Morgan fingerprint density at radius 2 is 1.84 bits per heavy atom. The third-order valence-corrected chi connectivity index (χ3v) is 7.50. The number of hydrogen-bond acceptors (Lipinski definition) is 5. The van der Waals surface area contributed by atoms with Crippen LogP contribution in [0.4, 0.5) is 0 Å². The van der Waals surface area contributed by atoms with E-state index in [0.29, 0.717) is 19.3 Å². The van der Waals surface area contributed by atoms with Gasteiger partial charge in [0.25, 0.3) is 0 Å². The molecule has 0 radical (unpaired) electrons. The van der Waals surface area contributed by atoms with Gasteiger partial charge in [-0.25, -0.2) is 0 Å². The molecule has 0 aromatic heterocycles. The van der Waals surface area contributed by atoms with Crippen LogP contribution in [-0.4, -0.2) is 70.2 Å². The predicted molar refractivity (Wildman–Crippen MR) is 121 cm³/mol. The zero-order valence-corrected chi connectivity index (χ0v) is 20.9. The van der Waals surface area contributed by atoms with Gasteiger partial charge >= 0.3 is 0 Å². The minimum atomic E-state index is -1.06. The highest BCUT2D eigenvalue weighted by atomic mass is 16.5. The highest BCUT2D eigenvalue weighted by Crippen LogP contribution is 2.63. The van der Waals surface area contributed by atoms with Crippen LogP contribution in [0.25, 0.3) is 0 Å². The number of ether oxygens (including phenoxy) is 1. The fourth-order valence-corrected chi connectivity index (χ4v) is 6.80. The van der Waals surface area contributed by atoms with Gasteiger partial charge in [0.15, 0.2) is 0 Å². The van der Waals surface area contributed by atoms with Gasteiger partial charge in [-0.3, -0.25) is 14.4 Å². The Balaban J connectivity index is 2.05. The molecule has 3 heterocycles. The molecule has 3 aliphatic rings. The Kier molecular flexibility index (Phi) is 6.22. The van der Waals surface area contributed by atoms with Crippen LogP contribution >= 0.6 is 0 Å². The maximum Gasteiger partial charge on any atom is 0.246 e. The minimum Gasteiger partial charge on any atom is -0.394 e. The van der Waals surface area contributed by atoms with E-state index in [1.54, 1.807) is 7.05 Å². The third kappa shape index (κ3) is 3.83. The number of aliphatic hydroxyl groups excluding tert-OH is 1. The van der Waals surface area contributed by atoms with E-state index in [0.717, 1.165) is 6.42 Å². The summed E-state index contributed by atoms with van der Waals surface area (Å²) in [4.78, 5) is 42.0. The quantitative estimate of drug-likeness (QED) is 0.545. The van der Waals surface area contributed by atoms with Crippen molar-refractivity contribution < 1.29 is 24.2 Å². The van der Waals surface area contributed by atoms with Crippen LogP contribution < -0.4 is 10.6 Å². The van der Waals surface area contributed by atoms with Gasteiger partial charge < -0.3 is 25.4 Å². The molecular weight excluding hydrogens is 410 g/mol. The molecule has 3 fully saturated rings. The lowest BCUT2D eigenvalue weighted by Crippen LogP contribution is -2.61. The van der Waals surface area contributed by atoms with Gasteiger partial charge in [0.1, 0.15) is 11.6 Å². The molecule has 3 rings (SSSR count). The molecular formula is C24H41N3O5. The van der Waals surface area contributed by atoms with Crippen molar-refractivity contribution in [2.24, 2.45) is 17.3 Å². The number of nitrogens with zero attached hydrogens (tertiary/aromatic N) is 1. The molecule has 32 heavy (non-hydrogen) atoms. The van der Waals surface area contributed by atoms with E-state index < -0.39 is 40.7 Å². The van der Waals surface area contributed by atoms with E-state index in [1.165, 1.54) is 4.90 Å². The number of hydrogen-bond donors (Lipinski definition) is 3. The van der Waals surface area contributed by atoms with Crippen molar-refractivity contribution in [2.45, 2.75) is 103 Å². The van der Waals surface area contributed by atoms with Gasteiger partial charge in [0.2, 0.25) is 17.7 Å². The second kappa shape index (κ2) is 7.97. The lowest BCUT2D eigenvalue weighted by Gasteiger charge is -2.40. The number of amides is 3. The van der Waals surface area contributed by atoms with Crippen LogP contribution in [0.15, 0.2) is 0 Å². The highest BCUT2D eigenvalue weighted by molar-refractivity contribution is 5.99. The van der Waals surface area contributed by atoms with E-state index in [1.807, 2.05) is 27.7 Å². The topological polar surface area (TPSA) is 108 Å². The highest BCUT2D eigenvalue weighted by Gasteiger charge is 2.78. The molecule has 3 N–H and O–H groups in total. The first-order chi connectivity index (χ1) is 14.7. The first kappa shape index (κ1) is 25.0. The Labute approximate surface area is 191 Å². The maximum atomic E-state index is 13.8. The van der Waals surface area contributed by atoms with E-state index in [2.05, 4.69) is 31.4 Å². The number of aliphatic hydroxyl groups is 1. The molecule has 2 unspecified atom stereocenters. The number of likely N-dealkylation sites (tertiary alicyclic amines) is 1. The average Bonchev–Trinajstić information content (AvgIpc) is 3.21. The zero-order valence-electron chi connectivity index (χ0n) is 20.9. The molecule has 8 nitrogen and oxygen atoms in total. The number of rotatable bonds is 7. The van der Waals surface area contributed by atoms with Gasteiger partial charge in [-0.15, -0.1) is 0 Å². The van der Waals surface area contributed by atoms with E-state index in [9.17, 15) is 19.5 Å². The molecule has 0 aromatic carbocycles. The summed E-state index contributed by atoms with van der Waals surface area (Å²) >= 11 is 0. The molecule has 3 aliphatic heterocycles. The standard InChI is InChI=1S/C24H41N3O5/c1-9-14(12-28)27-17(19(30)26-22(5,6)13-21(2,3)4)24-11-10-23(7,32-24)15(18(29)25-8)16(24)20(27)31/h14-17,28H,9-13H2,1-8H3,(H,25,29)(H,26,30)/t14-,15+,16-,17?,23-,24?/m0/s1. The van der Waals surface area contributed by atoms with Crippen LogP contribution in [0.2, 0.25) is 0 Å². The number of carbonyl (C=O) groups is 3. The summed E-state index contributed by atoms with van der Waals surface area (Å²) in [6, 6.07) is -1.39. The molecule has 1 spiro atoms. The van der Waals surface area contributed by atoms with E-state index >= 15 is 0 Å². The van der Waals surface area contributed by atoms with Crippen molar-refractivity contribution >= 4 is 17.7 Å². The largest absolute Gasteiger partial charge is 0.394 e. The fraction of sp³-hybridized carbons (Fsp3) is 0.875. The van der Waals surface area contributed by atoms with Crippen LogP contribution in [0, 0.1) is 17.3 Å². The first-order valence-electron chi connectivity index (χ1n) is 11.8. The molecule has 2 bridgehead atoms. The molecule has 8 heteroatoms. The van der Waals surface area contributed by atoms with Gasteiger partial charge in [0.05, 0.1) is 30.1 Å². The zero-order chi connectivity index (χ0) is 24.3.